The smallest absolute Gasteiger partial charge is 0.335 e. The van der Waals surface area contributed by atoms with E-state index < -0.39 is 5.97 Å². The number of nitrogens with zero attached hydrogens (tertiary/aromatic N) is 1. The molecule has 108 valence electrons. The molecule has 1 aromatic rings. The molecule has 1 aromatic carbocycles. The number of piperidine rings is 1. The van der Waals surface area contributed by atoms with E-state index in [2.05, 4.69) is 12.2 Å². The molecule has 20 heavy (non-hydrogen) atoms. The summed E-state index contributed by atoms with van der Waals surface area (Å²) in [5.74, 6) is -0.968. The molecule has 1 fully saturated rings. The van der Waals surface area contributed by atoms with Crippen molar-refractivity contribution in [3.05, 3.63) is 29.8 Å². The van der Waals surface area contributed by atoms with Crippen LogP contribution < -0.4 is 5.32 Å². The quantitative estimate of drug-likeness (QED) is 0.890. The summed E-state index contributed by atoms with van der Waals surface area (Å²) in [7, 11) is 0. The zero-order chi connectivity index (χ0) is 14.5. The van der Waals surface area contributed by atoms with Gasteiger partial charge in [-0.3, -0.25) is 0 Å². The van der Waals surface area contributed by atoms with Gasteiger partial charge in [0.25, 0.3) is 0 Å². The lowest BCUT2D eigenvalue weighted by atomic mass is 10.0. The highest BCUT2D eigenvalue weighted by Gasteiger charge is 2.25. The molecular formula is C15H20N2O3. The molecular weight excluding hydrogens is 256 g/mol. The molecule has 1 aliphatic heterocycles. The van der Waals surface area contributed by atoms with Crippen molar-refractivity contribution in [1.82, 2.24) is 4.90 Å². The molecule has 0 aromatic heterocycles. The van der Waals surface area contributed by atoms with Gasteiger partial charge in [-0.2, -0.15) is 0 Å². The molecule has 0 spiro atoms. The third-order valence-corrected chi connectivity index (χ3v) is 3.74. The van der Waals surface area contributed by atoms with Crippen LogP contribution in [0.2, 0.25) is 0 Å². The summed E-state index contributed by atoms with van der Waals surface area (Å²) >= 11 is 0. The molecule has 1 saturated heterocycles. The number of carboxylic acids is 1. The van der Waals surface area contributed by atoms with Gasteiger partial charge in [0, 0.05) is 18.3 Å². The molecule has 1 aliphatic rings. The SMILES string of the molecule is CCC1CCCCN1C(=O)Nc1ccc(C(=O)O)cc1. The molecule has 1 atom stereocenters. The van der Waals surface area contributed by atoms with Gasteiger partial charge in [-0.15, -0.1) is 0 Å². The summed E-state index contributed by atoms with van der Waals surface area (Å²) in [5.41, 5.74) is 0.841. The Balaban J connectivity index is 2.01. The highest BCUT2D eigenvalue weighted by molar-refractivity contribution is 5.91. The van der Waals surface area contributed by atoms with Crippen molar-refractivity contribution in [2.45, 2.75) is 38.6 Å². The fourth-order valence-corrected chi connectivity index (χ4v) is 2.58. The number of carbonyl (C=O) groups excluding carboxylic acids is 1. The zero-order valence-corrected chi connectivity index (χ0v) is 11.6. The summed E-state index contributed by atoms with van der Waals surface area (Å²) in [4.78, 5) is 24.9. The first-order valence-corrected chi connectivity index (χ1v) is 7.02. The molecule has 2 N–H and O–H groups in total. The predicted molar refractivity (Wildman–Crippen MR) is 77.1 cm³/mol. The van der Waals surface area contributed by atoms with Crippen LogP contribution in [-0.4, -0.2) is 34.6 Å². The van der Waals surface area contributed by atoms with Crippen molar-refractivity contribution < 1.29 is 14.7 Å². The second-order valence-corrected chi connectivity index (χ2v) is 5.06. The third-order valence-electron chi connectivity index (χ3n) is 3.74. The molecule has 5 nitrogen and oxygen atoms in total. The number of hydrogen-bond donors (Lipinski definition) is 2. The Kier molecular flexibility index (Phi) is 4.61. The fourth-order valence-electron chi connectivity index (χ4n) is 2.58. The number of urea groups is 1. The Hall–Kier alpha value is -2.04. The van der Waals surface area contributed by atoms with Crippen molar-refractivity contribution >= 4 is 17.7 Å². The minimum absolute atomic E-state index is 0.0976. The summed E-state index contributed by atoms with van der Waals surface area (Å²) in [6.45, 7) is 2.88. The number of anilines is 1. The van der Waals surface area contributed by atoms with Crippen LogP contribution in [-0.2, 0) is 0 Å². The largest absolute Gasteiger partial charge is 0.478 e. The van der Waals surface area contributed by atoms with Gasteiger partial charge in [-0.25, -0.2) is 9.59 Å². The topological polar surface area (TPSA) is 69.6 Å². The van der Waals surface area contributed by atoms with Crippen LogP contribution in [0.25, 0.3) is 0 Å². The van der Waals surface area contributed by atoms with Gasteiger partial charge in [0.15, 0.2) is 0 Å². The Bertz CT molecular complexity index is 484. The van der Waals surface area contributed by atoms with Gasteiger partial charge in [0.2, 0.25) is 0 Å². The van der Waals surface area contributed by atoms with E-state index in [0.717, 1.165) is 25.8 Å². The van der Waals surface area contributed by atoms with Gasteiger partial charge >= 0.3 is 12.0 Å². The van der Waals surface area contributed by atoms with Gasteiger partial charge in [0.05, 0.1) is 5.56 Å². The van der Waals surface area contributed by atoms with Crippen molar-refractivity contribution in [2.75, 3.05) is 11.9 Å². The van der Waals surface area contributed by atoms with E-state index in [-0.39, 0.29) is 11.6 Å². The van der Waals surface area contributed by atoms with Gasteiger partial charge in [0.1, 0.15) is 0 Å². The maximum absolute atomic E-state index is 12.3. The molecule has 1 heterocycles. The number of nitrogens with one attached hydrogen (secondary N) is 1. The number of carboxylic acid groups (broad SMARTS) is 1. The standard InChI is InChI=1S/C15H20N2O3/c1-2-13-5-3-4-10-17(13)15(20)16-12-8-6-11(7-9-12)14(18)19/h6-9,13H,2-5,10H2,1H3,(H,16,20)(H,18,19). The Labute approximate surface area is 118 Å². The maximum Gasteiger partial charge on any atom is 0.335 e. The number of amides is 2. The lowest BCUT2D eigenvalue weighted by Crippen LogP contribution is -2.45. The number of hydrogen-bond acceptors (Lipinski definition) is 2. The van der Waals surface area contributed by atoms with Crippen LogP contribution in [0.3, 0.4) is 0 Å². The maximum atomic E-state index is 12.3. The van der Waals surface area contributed by atoms with Crippen LogP contribution in [0, 0.1) is 0 Å². The van der Waals surface area contributed by atoms with E-state index in [4.69, 9.17) is 5.11 Å². The highest BCUT2D eigenvalue weighted by Crippen LogP contribution is 2.20. The van der Waals surface area contributed by atoms with Gasteiger partial charge in [-0.1, -0.05) is 6.92 Å². The van der Waals surface area contributed by atoms with E-state index in [1.54, 1.807) is 12.1 Å². The summed E-state index contributed by atoms with van der Waals surface area (Å²) < 4.78 is 0. The van der Waals surface area contributed by atoms with Crippen LogP contribution in [0.5, 0.6) is 0 Å². The molecule has 0 aliphatic carbocycles. The molecule has 0 saturated carbocycles. The van der Waals surface area contributed by atoms with Crippen LogP contribution in [0.1, 0.15) is 43.0 Å². The van der Waals surface area contributed by atoms with E-state index in [9.17, 15) is 9.59 Å². The normalized spacial score (nSPS) is 18.6. The Morgan fingerprint density at radius 3 is 2.60 bits per heavy atom. The second kappa shape index (κ2) is 6.41. The number of benzene rings is 1. The third kappa shape index (κ3) is 3.29. The van der Waals surface area contributed by atoms with Crippen LogP contribution >= 0.6 is 0 Å². The van der Waals surface area contributed by atoms with E-state index in [0.29, 0.717) is 11.7 Å². The van der Waals surface area contributed by atoms with Gasteiger partial charge < -0.3 is 15.3 Å². The minimum Gasteiger partial charge on any atom is -0.478 e. The molecule has 0 bridgehead atoms. The lowest BCUT2D eigenvalue weighted by Gasteiger charge is -2.35. The molecule has 5 heteroatoms. The highest BCUT2D eigenvalue weighted by atomic mass is 16.4. The average Bonchev–Trinajstić information content (AvgIpc) is 2.47. The van der Waals surface area contributed by atoms with Crippen molar-refractivity contribution in [1.29, 1.82) is 0 Å². The first kappa shape index (κ1) is 14.4. The van der Waals surface area contributed by atoms with E-state index >= 15 is 0 Å². The summed E-state index contributed by atoms with van der Waals surface area (Å²) in [6.07, 6.45) is 4.24. The summed E-state index contributed by atoms with van der Waals surface area (Å²) in [6, 6.07) is 6.43. The van der Waals surface area contributed by atoms with Crippen molar-refractivity contribution in [3.63, 3.8) is 0 Å². The van der Waals surface area contributed by atoms with E-state index in [1.165, 1.54) is 18.6 Å². The molecule has 1 unspecified atom stereocenters. The number of likely N-dealkylation sites (tertiary alicyclic amines) is 1. The predicted octanol–water partition coefficient (Wildman–Crippen LogP) is 3.18. The van der Waals surface area contributed by atoms with Gasteiger partial charge in [-0.05, 0) is 49.9 Å². The number of carbonyl (C=O) groups is 2. The Morgan fingerprint density at radius 2 is 2.00 bits per heavy atom. The lowest BCUT2D eigenvalue weighted by molar-refractivity contribution is 0.0697. The molecule has 2 rings (SSSR count). The number of aromatic carboxylic acids is 1. The van der Waals surface area contributed by atoms with Crippen molar-refractivity contribution in [3.8, 4) is 0 Å². The fraction of sp³-hybridized carbons (Fsp3) is 0.467. The number of rotatable bonds is 3. The minimum atomic E-state index is -0.968. The first-order chi connectivity index (χ1) is 9.61. The zero-order valence-electron chi connectivity index (χ0n) is 11.6. The second-order valence-electron chi connectivity index (χ2n) is 5.06. The monoisotopic (exact) mass is 276 g/mol. The van der Waals surface area contributed by atoms with E-state index in [1.807, 2.05) is 4.90 Å². The molecule has 0 radical (unpaired) electrons. The summed E-state index contributed by atoms with van der Waals surface area (Å²) in [5, 5.41) is 11.7. The van der Waals surface area contributed by atoms with Crippen LogP contribution in [0.4, 0.5) is 10.5 Å². The van der Waals surface area contributed by atoms with Crippen LogP contribution in [0.15, 0.2) is 24.3 Å². The average molecular weight is 276 g/mol. The van der Waals surface area contributed by atoms with Crippen molar-refractivity contribution in [2.24, 2.45) is 0 Å². The Morgan fingerprint density at radius 1 is 1.30 bits per heavy atom. The first-order valence-electron chi connectivity index (χ1n) is 7.02. The molecule has 2 amide bonds.